The van der Waals surface area contributed by atoms with Crippen molar-refractivity contribution in [2.75, 3.05) is 26.7 Å². The number of nitrogens with zero attached hydrogens (tertiary/aromatic N) is 2. The molecule has 0 radical (unpaired) electrons. The van der Waals surface area contributed by atoms with Crippen LogP contribution in [0.25, 0.3) is 0 Å². The van der Waals surface area contributed by atoms with Crippen molar-refractivity contribution in [3.8, 4) is 0 Å². The highest BCUT2D eigenvalue weighted by molar-refractivity contribution is 5.75. The fraction of sp³-hybridized carbons (Fsp3) is 0.846. The van der Waals surface area contributed by atoms with Crippen LogP contribution < -0.4 is 0 Å². The van der Waals surface area contributed by atoms with Gasteiger partial charge in [-0.25, -0.2) is 4.79 Å². The Morgan fingerprint density at radius 2 is 1.89 bits per heavy atom. The number of hydrogen-bond donors (Lipinski definition) is 2. The third-order valence-corrected chi connectivity index (χ3v) is 4.08. The lowest BCUT2D eigenvalue weighted by Crippen LogP contribution is -2.56. The molecule has 6 nitrogen and oxygen atoms in total. The highest BCUT2D eigenvalue weighted by atomic mass is 16.4. The number of rotatable bonds is 4. The summed E-state index contributed by atoms with van der Waals surface area (Å²) < 4.78 is 0. The molecule has 2 N–H and O–H groups in total. The van der Waals surface area contributed by atoms with Gasteiger partial charge in [-0.15, -0.1) is 0 Å². The molecule has 2 amide bonds. The number of aliphatic carboxylic acids is 1. The summed E-state index contributed by atoms with van der Waals surface area (Å²) in [5.74, 6) is -0.741. The van der Waals surface area contributed by atoms with E-state index in [-0.39, 0.29) is 18.4 Å². The van der Waals surface area contributed by atoms with E-state index in [0.29, 0.717) is 19.6 Å². The number of hydrogen-bond acceptors (Lipinski definition) is 3. The summed E-state index contributed by atoms with van der Waals surface area (Å²) in [5, 5.41) is 18.9. The van der Waals surface area contributed by atoms with Crippen molar-refractivity contribution in [2.24, 2.45) is 5.92 Å². The van der Waals surface area contributed by atoms with Gasteiger partial charge >= 0.3 is 12.0 Å². The van der Waals surface area contributed by atoms with Gasteiger partial charge in [0.05, 0.1) is 18.6 Å². The molecular formula is C13H22N2O4. The van der Waals surface area contributed by atoms with E-state index in [4.69, 9.17) is 5.11 Å². The van der Waals surface area contributed by atoms with Gasteiger partial charge in [0.15, 0.2) is 0 Å². The average Bonchev–Trinajstić information content (AvgIpc) is 2.68. The van der Waals surface area contributed by atoms with Crippen LogP contribution in [-0.2, 0) is 4.79 Å². The van der Waals surface area contributed by atoms with Crippen LogP contribution in [0.15, 0.2) is 0 Å². The van der Waals surface area contributed by atoms with Crippen molar-refractivity contribution in [2.45, 2.75) is 37.7 Å². The maximum Gasteiger partial charge on any atom is 0.319 e. The average molecular weight is 270 g/mol. The minimum absolute atomic E-state index is 0.0735. The number of amides is 2. The first-order valence-electron chi connectivity index (χ1n) is 6.84. The number of carbonyl (C=O) groups excluding carboxylic acids is 1. The van der Waals surface area contributed by atoms with Crippen molar-refractivity contribution in [1.29, 1.82) is 0 Å². The van der Waals surface area contributed by atoms with Crippen molar-refractivity contribution in [3.05, 3.63) is 0 Å². The lowest BCUT2D eigenvalue weighted by Gasteiger charge is -2.41. The van der Waals surface area contributed by atoms with Crippen LogP contribution in [0, 0.1) is 5.92 Å². The van der Waals surface area contributed by atoms with E-state index in [1.165, 1.54) is 0 Å². The van der Waals surface area contributed by atoms with Crippen molar-refractivity contribution >= 4 is 12.0 Å². The van der Waals surface area contributed by atoms with E-state index < -0.39 is 11.6 Å². The molecule has 1 aliphatic heterocycles. The van der Waals surface area contributed by atoms with E-state index in [2.05, 4.69) is 0 Å². The summed E-state index contributed by atoms with van der Waals surface area (Å²) >= 11 is 0. The number of carboxylic acids is 1. The van der Waals surface area contributed by atoms with E-state index in [1.54, 1.807) is 16.8 Å². The molecule has 1 heterocycles. The molecule has 19 heavy (non-hydrogen) atoms. The third-order valence-electron chi connectivity index (χ3n) is 4.08. The van der Waals surface area contributed by atoms with E-state index in [9.17, 15) is 14.7 Å². The molecule has 0 aromatic heterocycles. The standard InChI is InChI=1S/C13H22N2O4/c1-14(9-13(19)4-2-3-5-13)12(18)15-7-10(8-15)6-11(16)17/h10,19H,2-9H2,1H3,(H,16,17). The van der Waals surface area contributed by atoms with Crippen LogP contribution in [0.3, 0.4) is 0 Å². The fourth-order valence-electron chi connectivity index (χ4n) is 3.04. The molecule has 1 aliphatic carbocycles. The largest absolute Gasteiger partial charge is 0.481 e. The van der Waals surface area contributed by atoms with Crippen LogP contribution >= 0.6 is 0 Å². The lowest BCUT2D eigenvalue weighted by atomic mass is 9.97. The molecule has 108 valence electrons. The van der Waals surface area contributed by atoms with Gasteiger partial charge < -0.3 is 20.0 Å². The maximum atomic E-state index is 12.1. The van der Waals surface area contributed by atoms with Gasteiger partial charge in [-0.1, -0.05) is 12.8 Å². The molecule has 2 rings (SSSR count). The minimum atomic E-state index is -0.814. The second-order valence-corrected chi connectivity index (χ2v) is 5.94. The molecule has 0 aromatic rings. The highest BCUT2D eigenvalue weighted by Crippen LogP contribution is 2.30. The molecule has 0 bridgehead atoms. The summed E-state index contributed by atoms with van der Waals surface area (Å²) in [4.78, 5) is 25.8. The zero-order chi connectivity index (χ0) is 14.0. The predicted molar refractivity (Wildman–Crippen MR) is 68.8 cm³/mol. The fourth-order valence-corrected chi connectivity index (χ4v) is 3.04. The van der Waals surface area contributed by atoms with E-state index in [1.807, 2.05) is 0 Å². The van der Waals surface area contributed by atoms with E-state index >= 15 is 0 Å². The summed E-state index contributed by atoms with van der Waals surface area (Å²) in [6.07, 6.45) is 3.67. The molecule has 0 spiro atoms. The Bertz CT molecular complexity index is 360. The van der Waals surface area contributed by atoms with Crippen LogP contribution in [0.1, 0.15) is 32.1 Å². The van der Waals surface area contributed by atoms with Gasteiger partial charge in [-0.05, 0) is 12.8 Å². The highest BCUT2D eigenvalue weighted by Gasteiger charge is 2.37. The van der Waals surface area contributed by atoms with Crippen molar-refractivity contribution in [1.82, 2.24) is 9.80 Å². The predicted octanol–water partition coefficient (Wildman–Crippen LogP) is 0.750. The molecule has 0 unspecified atom stereocenters. The molecular weight excluding hydrogens is 248 g/mol. The number of aliphatic hydroxyl groups is 1. The summed E-state index contributed by atoms with van der Waals surface area (Å²) in [6, 6.07) is -0.109. The van der Waals surface area contributed by atoms with Gasteiger partial charge in [-0.2, -0.15) is 0 Å². The molecule has 1 saturated heterocycles. The van der Waals surface area contributed by atoms with Gasteiger partial charge in [0.1, 0.15) is 0 Å². The minimum Gasteiger partial charge on any atom is -0.481 e. The number of carbonyl (C=O) groups is 2. The second kappa shape index (κ2) is 5.36. The Kier molecular flexibility index (Phi) is 3.99. The monoisotopic (exact) mass is 270 g/mol. The summed E-state index contributed by atoms with van der Waals surface area (Å²) in [7, 11) is 1.70. The smallest absolute Gasteiger partial charge is 0.319 e. The normalized spacial score (nSPS) is 22.1. The number of likely N-dealkylation sites (tertiary alicyclic amines) is 1. The summed E-state index contributed by atoms with van der Waals surface area (Å²) in [6.45, 7) is 1.38. The van der Waals surface area contributed by atoms with Gasteiger partial charge in [0.2, 0.25) is 0 Å². The lowest BCUT2D eigenvalue weighted by molar-refractivity contribution is -0.139. The Morgan fingerprint density at radius 3 is 2.42 bits per heavy atom. The maximum absolute atomic E-state index is 12.1. The van der Waals surface area contributed by atoms with Gasteiger partial charge in [0.25, 0.3) is 0 Å². The van der Waals surface area contributed by atoms with Crippen molar-refractivity contribution in [3.63, 3.8) is 0 Å². The van der Waals surface area contributed by atoms with Gasteiger partial charge in [0, 0.05) is 26.1 Å². The molecule has 6 heteroatoms. The molecule has 0 atom stereocenters. The summed E-state index contributed by atoms with van der Waals surface area (Å²) in [5.41, 5.74) is -0.726. The molecule has 1 saturated carbocycles. The molecule has 2 fully saturated rings. The van der Waals surface area contributed by atoms with Crippen LogP contribution in [-0.4, -0.2) is 64.3 Å². The van der Waals surface area contributed by atoms with Gasteiger partial charge in [-0.3, -0.25) is 4.79 Å². The van der Waals surface area contributed by atoms with E-state index in [0.717, 1.165) is 25.7 Å². The molecule has 2 aliphatic rings. The first-order valence-corrected chi connectivity index (χ1v) is 6.84. The van der Waals surface area contributed by atoms with Crippen molar-refractivity contribution < 1.29 is 19.8 Å². The zero-order valence-electron chi connectivity index (χ0n) is 11.3. The quantitative estimate of drug-likeness (QED) is 0.790. The Labute approximate surface area is 113 Å². The van der Waals surface area contributed by atoms with Crippen LogP contribution in [0.4, 0.5) is 4.79 Å². The Hall–Kier alpha value is -1.30. The second-order valence-electron chi connectivity index (χ2n) is 5.94. The number of likely N-dealkylation sites (N-methyl/N-ethyl adjacent to an activating group) is 1. The third kappa shape index (κ3) is 3.37. The Morgan fingerprint density at radius 1 is 1.32 bits per heavy atom. The number of urea groups is 1. The SMILES string of the molecule is CN(CC1(O)CCCC1)C(=O)N1CC(CC(=O)O)C1. The van der Waals surface area contributed by atoms with Crippen LogP contribution in [0.2, 0.25) is 0 Å². The first-order chi connectivity index (χ1) is 8.89. The first kappa shape index (κ1) is 14.1. The topological polar surface area (TPSA) is 81.1 Å². The molecule has 0 aromatic carbocycles. The number of carboxylic acid groups (broad SMARTS) is 1. The van der Waals surface area contributed by atoms with Crippen LogP contribution in [0.5, 0.6) is 0 Å². The zero-order valence-corrected chi connectivity index (χ0v) is 11.3. The Balaban J connectivity index is 1.76.